The van der Waals surface area contributed by atoms with Crippen molar-refractivity contribution in [3.8, 4) is 11.3 Å². The molecule has 0 bridgehead atoms. The van der Waals surface area contributed by atoms with E-state index in [9.17, 15) is 10.1 Å². The zero-order valence-electron chi connectivity index (χ0n) is 10.0. The van der Waals surface area contributed by atoms with Gasteiger partial charge in [-0.05, 0) is 19.9 Å². The first kappa shape index (κ1) is 12.0. The van der Waals surface area contributed by atoms with Crippen molar-refractivity contribution >= 4 is 11.6 Å². The van der Waals surface area contributed by atoms with Gasteiger partial charge in [0.2, 0.25) is 5.95 Å². The lowest BCUT2D eigenvalue weighted by Crippen LogP contribution is -2.07. The molecule has 2 aromatic rings. The van der Waals surface area contributed by atoms with Crippen molar-refractivity contribution in [2.45, 2.75) is 13.8 Å². The lowest BCUT2D eigenvalue weighted by molar-refractivity contribution is -0.385. The van der Waals surface area contributed by atoms with Gasteiger partial charge in [-0.25, -0.2) is 9.97 Å². The summed E-state index contributed by atoms with van der Waals surface area (Å²) in [5.74, 6) is 0.372. The molecule has 7 heteroatoms. The fourth-order valence-electron chi connectivity index (χ4n) is 1.62. The maximum absolute atomic E-state index is 11.1. The van der Waals surface area contributed by atoms with Gasteiger partial charge in [-0.1, -0.05) is 0 Å². The minimum atomic E-state index is -0.479. The third-order valence-electron chi connectivity index (χ3n) is 2.37. The van der Waals surface area contributed by atoms with Gasteiger partial charge >= 0.3 is 5.69 Å². The van der Waals surface area contributed by atoms with Crippen LogP contribution in [0.1, 0.15) is 12.6 Å². The van der Waals surface area contributed by atoms with Crippen molar-refractivity contribution in [3.05, 3.63) is 34.4 Å². The Balaban J connectivity index is 2.63. The van der Waals surface area contributed by atoms with Crippen molar-refractivity contribution in [2.75, 3.05) is 11.9 Å². The summed E-state index contributed by atoms with van der Waals surface area (Å²) in [4.78, 5) is 18.8. The van der Waals surface area contributed by atoms with E-state index in [1.54, 1.807) is 13.0 Å². The van der Waals surface area contributed by atoms with E-state index in [0.29, 0.717) is 23.8 Å². The average Bonchev–Trinajstić information content (AvgIpc) is 2.81. The van der Waals surface area contributed by atoms with Crippen LogP contribution in [0.4, 0.5) is 11.6 Å². The summed E-state index contributed by atoms with van der Waals surface area (Å²) in [6.07, 6.45) is 2.87. The minimum absolute atomic E-state index is 0.0990. The molecule has 94 valence electrons. The lowest BCUT2D eigenvalue weighted by Gasteiger charge is -2.06. The van der Waals surface area contributed by atoms with Gasteiger partial charge in [0.15, 0.2) is 5.69 Å². The molecular formula is C11H12N4O3. The Labute approximate surface area is 103 Å². The van der Waals surface area contributed by atoms with Crippen molar-refractivity contribution in [1.29, 1.82) is 0 Å². The fourth-order valence-corrected chi connectivity index (χ4v) is 1.62. The first-order chi connectivity index (χ1) is 8.63. The highest BCUT2D eigenvalue weighted by atomic mass is 16.6. The maximum atomic E-state index is 11.1. The van der Waals surface area contributed by atoms with Gasteiger partial charge in [0.1, 0.15) is 5.69 Å². The molecule has 7 nitrogen and oxygen atoms in total. The van der Waals surface area contributed by atoms with E-state index in [1.165, 1.54) is 12.5 Å². The number of nitro groups is 1. The summed E-state index contributed by atoms with van der Waals surface area (Å²) < 4.78 is 4.94. The van der Waals surface area contributed by atoms with Crippen LogP contribution in [-0.4, -0.2) is 21.4 Å². The standard InChI is InChI=1S/C11H12N4O3/c1-3-12-11-13-7(2)10(15(16)17)9(14-11)8-4-5-18-6-8/h4-6H,3H2,1-2H3,(H,12,13,14). The summed E-state index contributed by atoms with van der Waals surface area (Å²) in [5, 5.41) is 14.0. The number of nitrogens with zero attached hydrogens (tertiary/aromatic N) is 3. The number of furan rings is 1. The van der Waals surface area contributed by atoms with Gasteiger partial charge in [-0.3, -0.25) is 10.1 Å². The van der Waals surface area contributed by atoms with Crippen LogP contribution in [0.3, 0.4) is 0 Å². The maximum Gasteiger partial charge on any atom is 0.316 e. The molecule has 0 amide bonds. The highest BCUT2D eigenvalue weighted by molar-refractivity contribution is 5.71. The van der Waals surface area contributed by atoms with Crippen LogP contribution >= 0.6 is 0 Å². The predicted molar refractivity (Wildman–Crippen MR) is 65.3 cm³/mol. The monoisotopic (exact) mass is 248 g/mol. The number of hydrogen-bond acceptors (Lipinski definition) is 6. The summed E-state index contributed by atoms with van der Waals surface area (Å²) in [6, 6.07) is 1.63. The summed E-state index contributed by atoms with van der Waals surface area (Å²) in [7, 11) is 0. The van der Waals surface area contributed by atoms with Gasteiger partial charge < -0.3 is 9.73 Å². The molecule has 2 heterocycles. The number of rotatable bonds is 4. The van der Waals surface area contributed by atoms with Crippen molar-refractivity contribution < 1.29 is 9.34 Å². The molecule has 18 heavy (non-hydrogen) atoms. The lowest BCUT2D eigenvalue weighted by atomic mass is 10.2. The minimum Gasteiger partial charge on any atom is -0.472 e. The molecule has 0 unspecified atom stereocenters. The van der Waals surface area contributed by atoms with E-state index in [4.69, 9.17) is 4.42 Å². The van der Waals surface area contributed by atoms with Crippen LogP contribution in [0.5, 0.6) is 0 Å². The second-order valence-corrected chi connectivity index (χ2v) is 3.63. The molecule has 0 aliphatic heterocycles. The summed E-state index contributed by atoms with van der Waals surface area (Å²) in [6.45, 7) is 4.13. The normalized spacial score (nSPS) is 10.3. The first-order valence-electron chi connectivity index (χ1n) is 5.43. The smallest absolute Gasteiger partial charge is 0.316 e. The Hall–Kier alpha value is -2.44. The molecule has 0 radical (unpaired) electrons. The van der Waals surface area contributed by atoms with E-state index >= 15 is 0 Å². The molecule has 0 aliphatic rings. The summed E-state index contributed by atoms with van der Waals surface area (Å²) in [5.41, 5.74) is 1.05. The number of anilines is 1. The Morgan fingerprint density at radius 1 is 1.50 bits per heavy atom. The molecule has 0 spiro atoms. The van der Waals surface area contributed by atoms with Crippen LogP contribution in [0.2, 0.25) is 0 Å². The molecule has 0 aromatic carbocycles. The van der Waals surface area contributed by atoms with Crippen LogP contribution in [0, 0.1) is 17.0 Å². The third-order valence-corrected chi connectivity index (χ3v) is 2.37. The quantitative estimate of drug-likeness (QED) is 0.659. The van der Waals surface area contributed by atoms with Crippen LogP contribution < -0.4 is 5.32 Å². The first-order valence-corrected chi connectivity index (χ1v) is 5.43. The van der Waals surface area contributed by atoms with Gasteiger partial charge in [0, 0.05) is 12.1 Å². The molecule has 0 saturated carbocycles. The highest BCUT2D eigenvalue weighted by Gasteiger charge is 2.23. The average molecular weight is 248 g/mol. The van der Waals surface area contributed by atoms with E-state index in [0.717, 1.165) is 0 Å². The fraction of sp³-hybridized carbons (Fsp3) is 0.273. The SMILES string of the molecule is CCNc1nc(C)c([N+](=O)[O-])c(-c2ccoc2)n1. The second-order valence-electron chi connectivity index (χ2n) is 3.63. The zero-order valence-corrected chi connectivity index (χ0v) is 10.0. The third kappa shape index (κ3) is 2.15. The number of nitrogens with one attached hydrogen (secondary N) is 1. The second kappa shape index (κ2) is 4.82. The van der Waals surface area contributed by atoms with Crippen LogP contribution in [0.15, 0.2) is 23.0 Å². The molecule has 1 N–H and O–H groups in total. The molecule has 2 aromatic heterocycles. The number of aromatic nitrogens is 2. The van der Waals surface area contributed by atoms with E-state index < -0.39 is 4.92 Å². The number of hydrogen-bond donors (Lipinski definition) is 1. The van der Waals surface area contributed by atoms with Gasteiger partial charge in [0.25, 0.3) is 0 Å². The molecule has 2 rings (SSSR count). The molecule has 0 saturated heterocycles. The highest BCUT2D eigenvalue weighted by Crippen LogP contribution is 2.31. The van der Waals surface area contributed by atoms with Crippen LogP contribution in [0.25, 0.3) is 11.3 Å². The van der Waals surface area contributed by atoms with Gasteiger partial charge in [-0.2, -0.15) is 0 Å². The summed E-state index contributed by atoms with van der Waals surface area (Å²) >= 11 is 0. The van der Waals surface area contributed by atoms with E-state index in [-0.39, 0.29) is 11.4 Å². The molecular weight excluding hydrogens is 236 g/mol. The van der Waals surface area contributed by atoms with Gasteiger partial charge in [-0.15, -0.1) is 0 Å². The predicted octanol–water partition coefficient (Wildman–Crippen LogP) is 2.39. The van der Waals surface area contributed by atoms with Crippen molar-refractivity contribution in [1.82, 2.24) is 9.97 Å². The molecule has 0 atom stereocenters. The molecule has 0 aliphatic carbocycles. The van der Waals surface area contributed by atoms with Crippen molar-refractivity contribution in [2.24, 2.45) is 0 Å². The van der Waals surface area contributed by atoms with E-state index in [1.807, 2.05) is 6.92 Å². The van der Waals surface area contributed by atoms with Crippen molar-refractivity contribution in [3.63, 3.8) is 0 Å². The Bertz CT molecular complexity index is 566. The Morgan fingerprint density at radius 3 is 2.83 bits per heavy atom. The van der Waals surface area contributed by atoms with E-state index in [2.05, 4.69) is 15.3 Å². The zero-order chi connectivity index (χ0) is 13.1. The Kier molecular flexibility index (Phi) is 3.22. The Morgan fingerprint density at radius 2 is 2.28 bits per heavy atom. The molecule has 0 fully saturated rings. The topological polar surface area (TPSA) is 94.1 Å². The number of aryl methyl sites for hydroxylation is 1. The largest absolute Gasteiger partial charge is 0.472 e. The van der Waals surface area contributed by atoms with Crippen LogP contribution in [-0.2, 0) is 0 Å². The van der Waals surface area contributed by atoms with Gasteiger partial charge in [0.05, 0.1) is 17.4 Å².